The monoisotopic (exact) mass is 478 g/mol. The van der Waals surface area contributed by atoms with Crippen molar-refractivity contribution in [3.63, 3.8) is 0 Å². The molecule has 3 heterocycles. The molecular weight excluding hydrogens is 448 g/mol. The summed E-state index contributed by atoms with van der Waals surface area (Å²) in [6.07, 6.45) is 7.52. The third-order valence-electron chi connectivity index (χ3n) is 5.79. The molecule has 0 saturated carbocycles. The number of sulfonamides is 1. The van der Waals surface area contributed by atoms with Gasteiger partial charge in [0.25, 0.3) is 10.0 Å². The first kappa shape index (κ1) is 23.9. The van der Waals surface area contributed by atoms with E-state index in [1.54, 1.807) is 12.1 Å². The van der Waals surface area contributed by atoms with Crippen LogP contribution in [0.15, 0.2) is 65.7 Å². The van der Waals surface area contributed by atoms with Crippen LogP contribution in [0.4, 0.5) is 11.6 Å². The van der Waals surface area contributed by atoms with Crippen molar-refractivity contribution in [1.29, 1.82) is 0 Å². The number of aromatic nitrogens is 2. The zero-order chi connectivity index (χ0) is 24.0. The molecule has 0 radical (unpaired) electrons. The molecule has 34 heavy (non-hydrogen) atoms. The van der Waals surface area contributed by atoms with E-state index in [4.69, 9.17) is 0 Å². The highest BCUT2D eigenvalue weighted by molar-refractivity contribution is 7.92. The number of allylic oxidation sites excluding steroid dienone is 1. The molecule has 0 fully saturated rings. The van der Waals surface area contributed by atoms with E-state index in [-0.39, 0.29) is 17.5 Å². The smallest absolute Gasteiger partial charge is 0.280 e. The number of unbranched alkanes of at least 4 members (excludes halogenated alkanes) is 1. The molecule has 1 aliphatic rings. The van der Waals surface area contributed by atoms with Crippen molar-refractivity contribution < 1.29 is 13.5 Å². The second-order valence-corrected chi connectivity index (χ2v) is 9.98. The molecule has 0 unspecified atom stereocenters. The number of nitrogens with zero attached hydrogens (tertiary/aromatic N) is 3. The van der Waals surface area contributed by atoms with Gasteiger partial charge in [-0.25, -0.2) is 9.97 Å². The van der Waals surface area contributed by atoms with Gasteiger partial charge in [-0.1, -0.05) is 48.6 Å². The lowest BCUT2D eigenvalue weighted by Crippen LogP contribution is -2.27. The van der Waals surface area contributed by atoms with Crippen molar-refractivity contribution in [1.82, 2.24) is 9.97 Å². The third kappa shape index (κ3) is 5.63. The summed E-state index contributed by atoms with van der Waals surface area (Å²) >= 11 is 0. The standard InChI is InChI=1S/C26H30N4O3S/c1-20-15-16-23-27-26(20)22-12-5-4-11-21(22)10-3-2-6-17-30(18-7-8-19-31)24-13-9-14-25(28-24)34(32,33)29-23/h3-5,9-16,31H,2,6-8,17-19H2,1H3,(H,27,29)/b10-3+. The Hall–Kier alpha value is -3.23. The fourth-order valence-corrected chi connectivity index (χ4v) is 4.97. The van der Waals surface area contributed by atoms with Crippen molar-refractivity contribution in [2.75, 3.05) is 29.3 Å². The first-order valence-corrected chi connectivity index (χ1v) is 13.1. The van der Waals surface area contributed by atoms with Gasteiger partial charge >= 0.3 is 0 Å². The highest BCUT2D eigenvalue weighted by Gasteiger charge is 2.20. The molecule has 1 aromatic carbocycles. The normalized spacial score (nSPS) is 16.4. The Balaban J connectivity index is 1.78. The summed E-state index contributed by atoms with van der Waals surface area (Å²) in [4.78, 5) is 11.2. The van der Waals surface area contributed by atoms with Crippen molar-refractivity contribution in [2.24, 2.45) is 0 Å². The Morgan fingerprint density at radius 2 is 1.88 bits per heavy atom. The molecule has 4 rings (SSSR count). The van der Waals surface area contributed by atoms with Crippen LogP contribution in [0.3, 0.4) is 0 Å². The van der Waals surface area contributed by atoms with Crippen LogP contribution in [0.1, 0.15) is 36.8 Å². The van der Waals surface area contributed by atoms with Crippen LogP contribution in [0, 0.1) is 6.92 Å². The van der Waals surface area contributed by atoms with Gasteiger partial charge in [0.05, 0.1) is 5.69 Å². The Morgan fingerprint density at radius 3 is 2.74 bits per heavy atom. The summed E-state index contributed by atoms with van der Waals surface area (Å²) in [5, 5.41) is 9.13. The molecule has 7 nitrogen and oxygen atoms in total. The Morgan fingerprint density at radius 1 is 1.03 bits per heavy atom. The fourth-order valence-electron chi connectivity index (χ4n) is 4.00. The number of hydrogen-bond donors (Lipinski definition) is 2. The van der Waals surface area contributed by atoms with Crippen molar-refractivity contribution >= 4 is 27.7 Å². The Labute approximate surface area is 201 Å². The largest absolute Gasteiger partial charge is 0.396 e. The predicted octanol–water partition coefficient (Wildman–Crippen LogP) is 4.64. The van der Waals surface area contributed by atoms with Crippen LogP contribution in [0.2, 0.25) is 0 Å². The molecule has 0 aliphatic carbocycles. The van der Waals surface area contributed by atoms with Crippen molar-refractivity contribution in [3.8, 4) is 11.3 Å². The summed E-state index contributed by atoms with van der Waals surface area (Å²) in [5.74, 6) is 0.860. The van der Waals surface area contributed by atoms with E-state index in [1.165, 1.54) is 6.07 Å². The van der Waals surface area contributed by atoms with E-state index in [2.05, 4.69) is 31.7 Å². The van der Waals surface area contributed by atoms with Gasteiger partial charge in [0.2, 0.25) is 0 Å². The number of rotatable bonds is 4. The molecule has 0 amide bonds. The van der Waals surface area contributed by atoms with Crippen LogP contribution < -0.4 is 9.62 Å². The zero-order valence-electron chi connectivity index (χ0n) is 19.3. The summed E-state index contributed by atoms with van der Waals surface area (Å²) in [7, 11) is -3.93. The first-order chi connectivity index (χ1) is 16.5. The van der Waals surface area contributed by atoms with Crippen LogP contribution in [0.25, 0.3) is 17.3 Å². The van der Waals surface area contributed by atoms with E-state index in [9.17, 15) is 13.5 Å². The molecule has 2 aromatic heterocycles. The summed E-state index contributed by atoms with van der Waals surface area (Å²) in [6, 6.07) is 16.6. The Bertz CT molecular complexity index is 1270. The maximum absolute atomic E-state index is 13.2. The number of pyridine rings is 2. The minimum Gasteiger partial charge on any atom is -0.396 e. The first-order valence-electron chi connectivity index (χ1n) is 11.6. The third-order valence-corrected chi connectivity index (χ3v) is 7.05. The molecule has 3 aromatic rings. The van der Waals surface area contributed by atoms with Gasteiger partial charge in [0, 0.05) is 25.3 Å². The maximum Gasteiger partial charge on any atom is 0.280 e. The molecule has 4 bridgehead atoms. The topological polar surface area (TPSA) is 95.4 Å². The number of hydrogen-bond acceptors (Lipinski definition) is 6. The summed E-state index contributed by atoms with van der Waals surface area (Å²) in [5.41, 5.74) is 3.69. The van der Waals surface area contributed by atoms with Crippen LogP contribution >= 0.6 is 0 Å². The van der Waals surface area contributed by atoms with Crippen molar-refractivity contribution in [2.45, 2.75) is 37.6 Å². The fraction of sp³-hybridized carbons (Fsp3) is 0.308. The van der Waals surface area contributed by atoms with Crippen LogP contribution in [-0.2, 0) is 10.0 Å². The minimum atomic E-state index is -3.93. The quantitative estimate of drug-likeness (QED) is 0.531. The molecule has 2 N–H and O–H groups in total. The average molecular weight is 479 g/mol. The molecule has 178 valence electrons. The zero-order valence-corrected chi connectivity index (χ0v) is 20.1. The molecule has 8 heteroatoms. The lowest BCUT2D eigenvalue weighted by molar-refractivity contribution is 0.285. The second kappa shape index (κ2) is 10.8. The van der Waals surface area contributed by atoms with E-state index in [1.807, 2.05) is 43.3 Å². The summed E-state index contributed by atoms with van der Waals surface area (Å²) in [6.45, 7) is 3.53. The summed E-state index contributed by atoms with van der Waals surface area (Å²) < 4.78 is 29.0. The highest BCUT2D eigenvalue weighted by atomic mass is 32.2. The van der Waals surface area contributed by atoms with Gasteiger partial charge in [-0.05, 0) is 61.9 Å². The van der Waals surface area contributed by atoms with Gasteiger partial charge < -0.3 is 10.0 Å². The molecule has 1 aliphatic heterocycles. The number of fused-ring (bicyclic) bond motifs is 6. The number of aliphatic hydroxyl groups is 1. The molecular formula is C26H30N4O3S. The van der Waals surface area contributed by atoms with Gasteiger partial charge in [0.15, 0.2) is 5.03 Å². The number of nitrogens with one attached hydrogen (secondary N) is 1. The predicted molar refractivity (Wildman–Crippen MR) is 136 cm³/mol. The van der Waals surface area contributed by atoms with Gasteiger partial charge in [-0.2, -0.15) is 8.42 Å². The van der Waals surface area contributed by atoms with Gasteiger partial charge in [-0.15, -0.1) is 0 Å². The van der Waals surface area contributed by atoms with Gasteiger partial charge in [0.1, 0.15) is 11.6 Å². The SMILES string of the molecule is Cc1ccc2nc1-c1ccccc1/C=C/CCCN(CCCCO)c1cccc(n1)S(=O)(=O)N2. The number of aryl methyl sites for hydroxylation is 1. The van der Waals surface area contributed by atoms with Crippen LogP contribution in [-0.4, -0.2) is 43.2 Å². The average Bonchev–Trinajstić information content (AvgIpc) is 2.84. The Kier molecular flexibility index (Phi) is 7.59. The van der Waals surface area contributed by atoms with Gasteiger partial charge in [-0.3, -0.25) is 4.72 Å². The minimum absolute atomic E-state index is 0.0477. The lowest BCUT2D eigenvalue weighted by Gasteiger charge is -2.24. The van der Waals surface area contributed by atoms with E-state index < -0.39 is 10.0 Å². The second-order valence-electron chi connectivity index (χ2n) is 8.35. The molecule has 0 atom stereocenters. The van der Waals surface area contributed by atoms with E-state index >= 15 is 0 Å². The number of benzene rings is 1. The molecule has 0 spiro atoms. The maximum atomic E-state index is 13.2. The van der Waals surface area contributed by atoms with E-state index in [0.717, 1.165) is 48.2 Å². The highest BCUT2D eigenvalue weighted by Crippen LogP contribution is 2.28. The van der Waals surface area contributed by atoms with Crippen molar-refractivity contribution in [3.05, 3.63) is 71.8 Å². The number of anilines is 2. The van der Waals surface area contributed by atoms with Crippen LogP contribution in [0.5, 0.6) is 0 Å². The number of aliphatic hydroxyl groups excluding tert-OH is 1. The van der Waals surface area contributed by atoms with E-state index in [0.29, 0.717) is 18.8 Å². The molecule has 0 saturated heterocycles. The lowest BCUT2D eigenvalue weighted by atomic mass is 10.00.